The Morgan fingerprint density at radius 2 is 2.23 bits per heavy atom. The smallest absolute Gasteiger partial charge is 0.377 e. The summed E-state index contributed by atoms with van der Waals surface area (Å²) in [5.74, 6) is -1.29. The van der Waals surface area contributed by atoms with Crippen LogP contribution in [-0.4, -0.2) is 21.2 Å². The highest BCUT2D eigenvalue weighted by atomic mass is 16.5. The van der Waals surface area contributed by atoms with Crippen molar-refractivity contribution >= 4 is 5.97 Å². The van der Waals surface area contributed by atoms with Gasteiger partial charge in [-0.25, -0.2) is 4.79 Å². The van der Waals surface area contributed by atoms with Gasteiger partial charge in [-0.15, -0.1) is 0 Å². The van der Waals surface area contributed by atoms with Gasteiger partial charge in [-0.1, -0.05) is 13.8 Å². The Bertz CT molecular complexity index is 308. The summed E-state index contributed by atoms with van der Waals surface area (Å²) in [5.41, 5.74) is 5.66. The molecule has 1 atom stereocenters. The summed E-state index contributed by atoms with van der Waals surface area (Å²) >= 11 is 0. The van der Waals surface area contributed by atoms with Crippen LogP contribution in [0.3, 0.4) is 0 Å². The Balaban J connectivity index is 2.85. The molecule has 1 rings (SSSR count). The van der Waals surface area contributed by atoms with Gasteiger partial charge in [0.2, 0.25) is 5.89 Å². The van der Waals surface area contributed by atoms with Crippen LogP contribution in [0.5, 0.6) is 0 Å². The van der Waals surface area contributed by atoms with E-state index >= 15 is 0 Å². The molecule has 0 bridgehead atoms. The Kier molecular flexibility index (Phi) is 2.62. The van der Waals surface area contributed by atoms with E-state index in [0.29, 0.717) is 0 Å². The van der Waals surface area contributed by atoms with Crippen LogP contribution < -0.4 is 5.73 Å². The number of carboxylic acids is 1. The molecule has 6 heteroatoms. The largest absolute Gasteiger partial charge is 0.475 e. The van der Waals surface area contributed by atoms with E-state index < -0.39 is 12.0 Å². The third-order valence-electron chi connectivity index (χ3n) is 1.64. The number of nitrogens with two attached hydrogens (primary N) is 1. The number of nitrogens with zero attached hydrogens (tertiary/aromatic N) is 2. The van der Waals surface area contributed by atoms with Gasteiger partial charge in [-0.3, -0.25) is 0 Å². The van der Waals surface area contributed by atoms with Crippen molar-refractivity contribution in [1.29, 1.82) is 0 Å². The number of hydrogen-bond acceptors (Lipinski definition) is 5. The molecule has 0 radical (unpaired) electrons. The SMILES string of the molecule is CC(C)C(N)c1nc(C(=O)O)no1. The van der Waals surface area contributed by atoms with E-state index in [9.17, 15) is 4.79 Å². The van der Waals surface area contributed by atoms with Gasteiger partial charge in [0, 0.05) is 0 Å². The van der Waals surface area contributed by atoms with E-state index in [2.05, 4.69) is 14.7 Å². The normalized spacial score (nSPS) is 13.2. The van der Waals surface area contributed by atoms with Gasteiger partial charge in [0.15, 0.2) is 0 Å². The highest BCUT2D eigenvalue weighted by molar-refractivity contribution is 5.82. The number of aromatic carboxylic acids is 1. The lowest BCUT2D eigenvalue weighted by molar-refractivity contribution is 0.0680. The molecule has 0 aliphatic carbocycles. The zero-order chi connectivity index (χ0) is 10.0. The molecule has 0 spiro atoms. The number of carboxylic acid groups (broad SMARTS) is 1. The van der Waals surface area contributed by atoms with E-state index in [4.69, 9.17) is 10.8 Å². The van der Waals surface area contributed by atoms with Gasteiger partial charge in [0.25, 0.3) is 5.82 Å². The molecular formula is C7H11N3O3. The first-order valence-corrected chi connectivity index (χ1v) is 3.85. The first-order chi connectivity index (χ1) is 6.02. The second-order valence-corrected chi connectivity index (χ2v) is 3.03. The molecule has 1 aromatic heterocycles. The van der Waals surface area contributed by atoms with Crippen LogP contribution in [0.4, 0.5) is 0 Å². The fourth-order valence-corrected chi connectivity index (χ4v) is 0.743. The van der Waals surface area contributed by atoms with Gasteiger partial charge in [-0.05, 0) is 11.1 Å². The van der Waals surface area contributed by atoms with Crippen LogP contribution in [0.2, 0.25) is 0 Å². The maximum Gasteiger partial charge on any atom is 0.377 e. The fraction of sp³-hybridized carbons (Fsp3) is 0.571. The standard InChI is InChI=1S/C7H11N3O3/c1-3(2)4(8)6-9-5(7(11)12)10-13-6/h3-4H,8H2,1-2H3,(H,11,12). The lowest BCUT2D eigenvalue weighted by Crippen LogP contribution is -2.17. The van der Waals surface area contributed by atoms with Gasteiger partial charge >= 0.3 is 5.97 Å². The number of hydrogen-bond donors (Lipinski definition) is 2. The zero-order valence-electron chi connectivity index (χ0n) is 7.39. The van der Waals surface area contributed by atoms with Gasteiger partial charge < -0.3 is 15.4 Å². The average Bonchev–Trinajstić information content (AvgIpc) is 2.50. The van der Waals surface area contributed by atoms with Crippen LogP contribution in [0.25, 0.3) is 0 Å². The lowest BCUT2D eigenvalue weighted by Gasteiger charge is -2.08. The molecule has 0 saturated heterocycles. The first-order valence-electron chi connectivity index (χ1n) is 3.85. The molecule has 1 unspecified atom stereocenters. The van der Waals surface area contributed by atoms with Crippen LogP contribution in [0.1, 0.15) is 36.4 Å². The van der Waals surface area contributed by atoms with E-state index in [1.54, 1.807) is 0 Å². The third kappa shape index (κ3) is 2.03. The van der Waals surface area contributed by atoms with Crippen molar-refractivity contribution in [2.75, 3.05) is 0 Å². The molecule has 0 amide bonds. The molecule has 1 aromatic rings. The zero-order valence-corrected chi connectivity index (χ0v) is 7.39. The molecule has 1 heterocycles. The second-order valence-electron chi connectivity index (χ2n) is 3.03. The van der Waals surface area contributed by atoms with Crippen molar-refractivity contribution in [2.45, 2.75) is 19.9 Å². The predicted molar refractivity (Wildman–Crippen MR) is 43.0 cm³/mol. The monoisotopic (exact) mass is 185 g/mol. The van der Waals surface area contributed by atoms with Gasteiger partial charge in [0.1, 0.15) is 0 Å². The minimum atomic E-state index is -1.22. The minimum Gasteiger partial charge on any atom is -0.475 e. The summed E-state index contributed by atoms with van der Waals surface area (Å²) in [6.45, 7) is 3.77. The van der Waals surface area contributed by atoms with Crippen molar-refractivity contribution in [3.8, 4) is 0 Å². The summed E-state index contributed by atoms with van der Waals surface area (Å²) < 4.78 is 4.68. The Morgan fingerprint density at radius 3 is 2.62 bits per heavy atom. The van der Waals surface area contributed by atoms with Crippen molar-refractivity contribution in [2.24, 2.45) is 11.7 Å². The van der Waals surface area contributed by atoms with Crippen molar-refractivity contribution in [3.05, 3.63) is 11.7 Å². The highest BCUT2D eigenvalue weighted by Crippen LogP contribution is 2.16. The Hall–Kier alpha value is -1.43. The Morgan fingerprint density at radius 1 is 1.62 bits per heavy atom. The summed E-state index contributed by atoms with van der Waals surface area (Å²) in [5, 5.41) is 11.7. The van der Waals surface area contributed by atoms with Crippen LogP contribution in [-0.2, 0) is 0 Å². The summed E-state index contributed by atoms with van der Waals surface area (Å²) in [6.07, 6.45) is 0. The molecule has 3 N–H and O–H groups in total. The van der Waals surface area contributed by atoms with Crippen LogP contribution in [0, 0.1) is 5.92 Å². The topological polar surface area (TPSA) is 102 Å². The fourth-order valence-electron chi connectivity index (χ4n) is 0.743. The molecule has 13 heavy (non-hydrogen) atoms. The molecule has 72 valence electrons. The predicted octanol–water partition coefficient (Wildman–Crippen LogP) is 0.424. The molecule has 0 aromatic carbocycles. The quantitative estimate of drug-likeness (QED) is 0.707. The molecule has 0 saturated carbocycles. The van der Waals surface area contributed by atoms with E-state index in [0.717, 1.165) is 0 Å². The molecular weight excluding hydrogens is 174 g/mol. The lowest BCUT2D eigenvalue weighted by atomic mass is 10.1. The van der Waals surface area contributed by atoms with Crippen molar-refractivity contribution < 1.29 is 14.4 Å². The third-order valence-corrected chi connectivity index (χ3v) is 1.64. The minimum absolute atomic E-state index is 0.127. The number of aromatic nitrogens is 2. The summed E-state index contributed by atoms with van der Waals surface area (Å²) in [4.78, 5) is 14.0. The maximum absolute atomic E-state index is 10.4. The van der Waals surface area contributed by atoms with Gasteiger partial charge in [-0.2, -0.15) is 4.98 Å². The van der Waals surface area contributed by atoms with Crippen LogP contribution >= 0.6 is 0 Å². The maximum atomic E-state index is 10.4. The number of rotatable bonds is 3. The Labute approximate surface area is 74.7 Å². The van der Waals surface area contributed by atoms with Crippen LogP contribution in [0.15, 0.2) is 4.52 Å². The average molecular weight is 185 g/mol. The van der Waals surface area contributed by atoms with Gasteiger partial charge in [0.05, 0.1) is 6.04 Å². The highest BCUT2D eigenvalue weighted by Gasteiger charge is 2.20. The van der Waals surface area contributed by atoms with Crippen molar-refractivity contribution in [3.63, 3.8) is 0 Å². The number of carbonyl (C=O) groups is 1. The summed E-state index contributed by atoms with van der Waals surface area (Å²) in [6, 6.07) is -0.416. The second kappa shape index (κ2) is 3.53. The van der Waals surface area contributed by atoms with E-state index in [-0.39, 0.29) is 17.6 Å². The molecule has 0 aliphatic heterocycles. The molecule has 6 nitrogen and oxygen atoms in total. The van der Waals surface area contributed by atoms with Crippen molar-refractivity contribution in [1.82, 2.24) is 10.1 Å². The van der Waals surface area contributed by atoms with E-state index in [1.807, 2.05) is 13.8 Å². The summed E-state index contributed by atoms with van der Waals surface area (Å²) in [7, 11) is 0. The molecule has 0 fully saturated rings. The van der Waals surface area contributed by atoms with E-state index in [1.165, 1.54) is 0 Å². The molecule has 0 aliphatic rings. The first kappa shape index (κ1) is 9.66.